The van der Waals surface area contributed by atoms with Gasteiger partial charge >= 0.3 is 0 Å². The van der Waals surface area contributed by atoms with E-state index in [1.54, 1.807) is 0 Å². The van der Waals surface area contributed by atoms with E-state index in [1.165, 1.54) is 0 Å². The van der Waals surface area contributed by atoms with Crippen molar-refractivity contribution in [2.45, 2.75) is 26.2 Å². The third-order valence-corrected chi connectivity index (χ3v) is 3.23. The predicted molar refractivity (Wildman–Crippen MR) is 72.4 cm³/mol. The minimum atomic E-state index is -1.58. The lowest BCUT2D eigenvalue weighted by atomic mass is 10.0. The molecule has 1 N–H and O–H groups in total. The number of nitrogens with one attached hydrogen (secondary N) is 1. The maximum absolute atomic E-state index is 13.0. The molecule has 1 atom stereocenters. The first-order valence-corrected chi connectivity index (χ1v) is 7.01. The molecule has 20 heavy (non-hydrogen) atoms. The number of hydrogen-bond donors (Lipinski definition) is 1. The molecular formula is C14H17ClF3NO. The van der Waals surface area contributed by atoms with Crippen LogP contribution in [0.4, 0.5) is 13.2 Å². The highest BCUT2D eigenvalue weighted by molar-refractivity contribution is 6.17. The largest absolute Gasteiger partial charge is 0.352 e. The average Bonchev–Trinajstić information content (AvgIpc) is 2.41. The third kappa shape index (κ3) is 4.71. The van der Waals surface area contributed by atoms with Gasteiger partial charge < -0.3 is 5.32 Å². The zero-order valence-corrected chi connectivity index (χ0v) is 11.9. The fourth-order valence-corrected chi connectivity index (χ4v) is 2.25. The Morgan fingerprint density at radius 1 is 1.25 bits per heavy atom. The summed E-state index contributed by atoms with van der Waals surface area (Å²) in [5.74, 6) is -4.25. The molecule has 2 nitrogen and oxygen atoms in total. The summed E-state index contributed by atoms with van der Waals surface area (Å²) >= 11 is 5.67. The molecule has 6 heteroatoms. The molecule has 1 unspecified atom stereocenters. The van der Waals surface area contributed by atoms with Gasteiger partial charge in [0.1, 0.15) is 0 Å². The van der Waals surface area contributed by atoms with Gasteiger partial charge in [-0.1, -0.05) is 13.3 Å². The molecule has 1 aromatic rings. The Kier molecular flexibility index (Phi) is 6.85. The van der Waals surface area contributed by atoms with Crippen molar-refractivity contribution in [2.24, 2.45) is 5.92 Å². The van der Waals surface area contributed by atoms with Crippen molar-refractivity contribution in [1.29, 1.82) is 0 Å². The van der Waals surface area contributed by atoms with Crippen LogP contribution in [-0.4, -0.2) is 18.3 Å². The quantitative estimate of drug-likeness (QED) is 0.601. The van der Waals surface area contributed by atoms with Crippen LogP contribution in [0.2, 0.25) is 0 Å². The number of carbonyl (C=O) groups excluding carboxylic acids is 1. The lowest BCUT2D eigenvalue weighted by molar-refractivity contribution is 0.0944. The summed E-state index contributed by atoms with van der Waals surface area (Å²) in [4.78, 5) is 11.8. The molecule has 0 heterocycles. The normalized spacial score (nSPS) is 12.2. The highest BCUT2D eigenvalue weighted by Gasteiger charge is 2.16. The Morgan fingerprint density at radius 2 is 1.85 bits per heavy atom. The zero-order valence-electron chi connectivity index (χ0n) is 11.2. The number of carbonyl (C=O) groups is 1. The lowest BCUT2D eigenvalue weighted by Gasteiger charge is -2.15. The SMILES string of the molecule is CCCC(CCCl)CNC(=O)c1cc(F)c(F)c(F)c1. The fraction of sp³-hybridized carbons (Fsp3) is 0.500. The van der Waals surface area contributed by atoms with Crippen LogP contribution in [0.3, 0.4) is 0 Å². The molecule has 112 valence electrons. The van der Waals surface area contributed by atoms with E-state index >= 15 is 0 Å². The fourth-order valence-electron chi connectivity index (χ4n) is 1.94. The van der Waals surface area contributed by atoms with Gasteiger partial charge in [0.25, 0.3) is 5.91 Å². The van der Waals surface area contributed by atoms with E-state index in [2.05, 4.69) is 5.32 Å². The van der Waals surface area contributed by atoms with Crippen LogP contribution in [0.15, 0.2) is 12.1 Å². The van der Waals surface area contributed by atoms with Crippen molar-refractivity contribution >= 4 is 17.5 Å². The second-order valence-electron chi connectivity index (χ2n) is 4.60. The molecule has 0 aliphatic heterocycles. The predicted octanol–water partition coefficient (Wildman–Crippen LogP) is 3.88. The molecule has 1 rings (SSSR count). The van der Waals surface area contributed by atoms with Gasteiger partial charge in [-0.15, -0.1) is 11.6 Å². The molecule has 0 aromatic heterocycles. The maximum atomic E-state index is 13.0. The number of hydrogen-bond acceptors (Lipinski definition) is 1. The second-order valence-corrected chi connectivity index (χ2v) is 4.97. The van der Waals surface area contributed by atoms with Crippen LogP contribution in [0.25, 0.3) is 0 Å². The van der Waals surface area contributed by atoms with Crippen molar-refractivity contribution < 1.29 is 18.0 Å². The van der Waals surface area contributed by atoms with E-state index in [1.807, 2.05) is 6.92 Å². The van der Waals surface area contributed by atoms with E-state index in [0.29, 0.717) is 24.6 Å². The Labute approximate surface area is 121 Å². The molecule has 0 radical (unpaired) electrons. The summed E-state index contributed by atoms with van der Waals surface area (Å²) in [5, 5.41) is 2.59. The number of rotatable bonds is 7. The monoisotopic (exact) mass is 307 g/mol. The summed E-state index contributed by atoms with van der Waals surface area (Å²) in [5.41, 5.74) is -0.234. The second kappa shape index (κ2) is 8.15. The van der Waals surface area contributed by atoms with Crippen LogP contribution in [-0.2, 0) is 0 Å². The van der Waals surface area contributed by atoms with Gasteiger partial charge in [-0.25, -0.2) is 13.2 Å². The smallest absolute Gasteiger partial charge is 0.251 e. The van der Waals surface area contributed by atoms with E-state index in [0.717, 1.165) is 19.3 Å². The van der Waals surface area contributed by atoms with Crippen LogP contribution < -0.4 is 5.32 Å². The van der Waals surface area contributed by atoms with Crippen molar-refractivity contribution in [1.82, 2.24) is 5.32 Å². The van der Waals surface area contributed by atoms with Crippen LogP contribution in [0, 0.1) is 23.4 Å². The Morgan fingerprint density at radius 3 is 2.35 bits per heavy atom. The first-order chi connectivity index (χ1) is 9.49. The number of halogens is 4. The first kappa shape index (κ1) is 16.8. The van der Waals surface area contributed by atoms with Crippen LogP contribution in [0.5, 0.6) is 0 Å². The van der Waals surface area contributed by atoms with E-state index < -0.39 is 23.4 Å². The third-order valence-electron chi connectivity index (χ3n) is 3.01. The maximum Gasteiger partial charge on any atom is 0.251 e. The summed E-state index contributed by atoms with van der Waals surface area (Å²) in [6.07, 6.45) is 2.61. The molecule has 0 spiro atoms. The molecule has 0 saturated carbocycles. The van der Waals surface area contributed by atoms with Crippen LogP contribution in [0.1, 0.15) is 36.5 Å². The van der Waals surface area contributed by atoms with Gasteiger partial charge in [-0.2, -0.15) is 0 Å². The molecule has 0 saturated heterocycles. The molecule has 0 aliphatic rings. The minimum Gasteiger partial charge on any atom is -0.352 e. The van der Waals surface area contributed by atoms with Crippen molar-refractivity contribution in [3.05, 3.63) is 35.1 Å². The molecular weight excluding hydrogens is 291 g/mol. The molecule has 0 fully saturated rings. The van der Waals surface area contributed by atoms with E-state index in [-0.39, 0.29) is 11.5 Å². The highest BCUT2D eigenvalue weighted by atomic mass is 35.5. The zero-order chi connectivity index (χ0) is 15.1. The number of amides is 1. The molecule has 0 bridgehead atoms. The van der Waals surface area contributed by atoms with Crippen molar-refractivity contribution in [2.75, 3.05) is 12.4 Å². The minimum absolute atomic E-state index is 0.219. The lowest BCUT2D eigenvalue weighted by Crippen LogP contribution is -2.29. The summed E-state index contributed by atoms with van der Waals surface area (Å²) in [6.45, 7) is 2.40. The van der Waals surface area contributed by atoms with E-state index in [4.69, 9.17) is 11.6 Å². The standard InChI is InChI=1S/C14H17ClF3NO/c1-2-3-9(4-5-15)8-19-14(20)10-6-11(16)13(18)12(17)7-10/h6-7,9H,2-5,8H2,1H3,(H,19,20). The van der Waals surface area contributed by atoms with Gasteiger partial charge in [0.05, 0.1) is 0 Å². The van der Waals surface area contributed by atoms with Crippen LogP contribution >= 0.6 is 11.6 Å². The summed E-state index contributed by atoms with van der Waals surface area (Å²) in [6, 6.07) is 1.37. The average molecular weight is 308 g/mol. The van der Waals surface area contributed by atoms with Crippen molar-refractivity contribution in [3.8, 4) is 0 Å². The van der Waals surface area contributed by atoms with Gasteiger partial charge in [0.2, 0.25) is 0 Å². The Hall–Kier alpha value is -1.23. The first-order valence-electron chi connectivity index (χ1n) is 6.48. The summed E-state index contributed by atoms with van der Waals surface area (Å²) < 4.78 is 38.8. The topological polar surface area (TPSA) is 29.1 Å². The molecule has 0 aliphatic carbocycles. The van der Waals surface area contributed by atoms with E-state index in [9.17, 15) is 18.0 Å². The number of benzene rings is 1. The Bertz CT molecular complexity index is 439. The van der Waals surface area contributed by atoms with Gasteiger partial charge in [-0.3, -0.25) is 4.79 Å². The summed E-state index contributed by atoms with van der Waals surface area (Å²) in [7, 11) is 0. The van der Waals surface area contributed by atoms with Gasteiger partial charge in [0, 0.05) is 18.0 Å². The van der Waals surface area contributed by atoms with Gasteiger partial charge in [0.15, 0.2) is 17.5 Å². The molecule has 1 amide bonds. The number of alkyl halides is 1. The Balaban J connectivity index is 2.66. The van der Waals surface area contributed by atoms with Gasteiger partial charge in [-0.05, 0) is 30.9 Å². The molecule has 1 aromatic carbocycles. The van der Waals surface area contributed by atoms with Crippen molar-refractivity contribution in [3.63, 3.8) is 0 Å². The highest BCUT2D eigenvalue weighted by Crippen LogP contribution is 2.14.